The maximum Gasteiger partial charge on any atom is 0.341 e. The summed E-state index contributed by atoms with van der Waals surface area (Å²) in [6.45, 7) is 0.620. The van der Waals surface area contributed by atoms with Gasteiger partial charge >= 0.3 is 5.76 Å². The van der Waals surface area contributed by atoms with Gasteiger partial charge in [0.15, 0.2) is 0 Å². The number of benzene rings is 1. The zero-order valence-electron chi connectivity index (χ0n) is 10.5. The molecule has 0 aliphatic carbocycles. The second kappa shape index (κ2) is 5.35. The molecule has 1 heterocycles. The van der Waals surface area contributed by atoms with Crippen molar-refractivity contribution in [3.63, 3.8) is 0 Å². The summed E-state index contributed by atoms with van der Waals surface area (Å²) in [4.78, 5) is 12.6. The van der Waals surface area contributed by atoms with E-state index in [1.807, 2.05) is 0 Å². The standard InChI is InChI=1S/C12H14F2N2O3S/c13-12(14)20(18,19)9-5-3-8(4-6-9)16-7-1-2-10(16)11(15)17/h3-6,10,12H,1-2,7H2,(H2,15,17). The number of anilines is 1. The second-order valence-corrected chi connectivity index (χ2v) is 6.47. The van der Waals surface area contributed by atoms with Crippen LogP contribution in [0.25, 0.3) is 0 Å². The van der Waals surface area contributed by atoms with Crippen molar-refractivity contribution < 1.29 is 22.0 Å². The normalized spacial score (nSPS) is 19.6. The van der Waals surface area contributed by atoms with Gasteiger partial charge in [0.25, 0.3) is 0 Å². The van der Waals surface area contributed by atoms with Crippen LogP contribution in [0.5, 0.6) is 0 Å². The predicted octanol–water partition coefficient (Wildman–Crippen LogP) is 1.14. The van der Waals surface area contributed by atoms with Crippen LogP contribution in [0.3, 0.4) is 0 Å². The van der Waals surface area contributed by atoms with Gasteiger partial charge in [0.05, 0.1) is 4.90 Å². The lowest BCUT2D eigenvalue weighted by Crippen LogP contribution is -2.40. The van der Waals surface area contributed by atoms with Gasteiger partial charge in [-0.3, -0.25) is 4.79 Å². The van der Waals surface area contributed by atoms with E-state index in [0.29, 0.717) is 18.7 Å². The Labute approximate surface area is 115 Å². The molecular weight excluding hydrogens is 290 g/mol. The summed E-state index contributed by atoms with van der Waals surface area (Å²) in [5.74, 6) is -3.90. The summed E-state index contributed by atoms with van der Waals surface area (Å²) >= 11 is 0. The predicted molar refractivity (Wildman–Crippen MR) is 69.2 cm³/mol. The first-order chi connectivity index (χ1) is 9.34. The van der Waals surface area contributed by atoms with Gasteiger partial charge < -0.3 is 10.6 Å². The molecule has 110 valence electrons. The maximum atomic E-state index is 12.4. The van der Waals surface area contributed by atoms with E-state index in [4.69, 9.17) is 5.73 Å². The molecule has 1 saturated heterocycles. The molecule has 1 aliphatic rings. The average molecular weight is 304 g/mol. The number of sulfone groups is 1. The number of amides is 1. The van der Waals surface area contributed by atoms with Gasteiger partial charge in [-0.05, 0) is 37.1 Å². The van der Waals surface area contributed by atoms with Crippen LogP contribution in [0.4, 0.5) is 14.5 Å². The van der Waals surface area contributed by atoms with Crippen LogP contribution in [0.15, 0.2) is 29.2 Å². The number of carbonyl (C=O) groups is 1. The van der Waals surface area contributed by atoms with Gasteiger partial charge in [0.1, 0.15) is 6.04 Å². The summed E-state index contributed by atoms with van der Waals surface area (Å²) in [6.07, 6.45) is 1.43. The number of rotatable bonds is 4. The van der Waals surface area contributed by atoms with Crippen LogP contribution in [-0.2, 0) is 14.6 Å². The molecule has 2 N–H and O–H groups in total. The number of primary amides is 1. The molecule has 1 aromatic carbocycles. The van der Waals surface area contributed by atoms with Crippen LogP contribution in [0.2, 0.25) is 0 Å². The molecule has 8 heteroatoms. The minimum absolute atomic E-state index is 0.437. The first kappa shape index (κ1) is 14.7. The molecule has 0 saturated carbocycles. The largest absolute Gasteiger partial charge is 0.368 e. The smallest absolute Gasteiger partial charge is 0.341 e. The van der Waals surface area contributed by atoms with Crippen molar-refractivity contribution in [2.24, 2.45) is 5.73 Å². The van der Waals surface area contributed by atoms with Gasteiger partial charge in [0, 0.05) is 12.2 Å². The number of halogens is 2. The highest BCUT2D eigenvalue weighted by Crippen LogP contribution is 2.27. The van der Waals surface area contributed by atoms with Gasteiger partial charge in [-0.15, -0.1) is 0 Å². The van der Waals surface area contributed by atoms with Crippen molar-refractivity contribution in [1.29, 1.82) is 0 Å². The number of alkyl halides is 2. The van der Waals surface area contributed by atoms with E-state index in [9.17, 15) is 22.0 Å². The van der Waals surface area contributed by atoms with Crippen molar-refractivity contribution in [3.05, 3.63) is 24.3 Å². The fourth-order valence-electron chi connectivity index (χ4n) is 2.30. The summed E-state index contributed by atoms with van der Waals surface area (Å²) < 4.78 is 47.4. The summed E-state index contributed by atoms with van der Waals surface area (Å²) in [6, 6.07) is 4.63. The molecule has 0 radical (unpaired) electrons. The molecule has 0 bridgehead atoms. The quantitative estimate of drug-likeness (QED) is 0.904. The van der Waals surface area contributed by atoms with E-state index in [-0.39, 0.29) is 0 Å². The third-order valence-corrected chi connectivity index (χ3v) is 4.71. The zero-order chi connectivity index (χ0) is 14.9. The molecule has 1 unspecified atom stereocenters. The Bertz CT molecular complexity index is 602. The fourth-order valence-corrected chi connectivity index (χ4v) is 3.02. The third kappa shape index (κ3) is 2.60. The minimum Gasteiger partial charge on any atom is -0.368 e. The monoisotopic (exact) mass is 304 g/mol. The highest BCUT2D eigenvalue weighted by atomic mass is 32.2. The summed E-state index contributed by atoms with van der Waals surface area (Å²) in [5.41, 5.74) is 5.89. The Kier molecular flexibility index (Phi) is 3.94. The molecule has 0 spiro atoms. The lowest BCUT2D eigenvalue weighted by Gasteiger charge is -2.24. The Hall–Kier alpha value is -1.70. The van der Waals surface area contributed by atoms with Crippen LogP contribution in [-0.4, -0.2) is 32.7 Å². The number of nitrogens with two attached hydrogens (primary N) is 1. The first-order valence-electron chi connectivity index (χ1n) is 6.02. The van der Waals surface area contributed by atoms with Crippen molar-refractivity contribution in [2.45, 2.75) is 29.5 Å². The number of hydrogen-bond donors (Lipinski definition) is 1. The van der Waals surface area contributed by atoms with Gasteiger partial charge in [-0.2, -0.15) is 8.78 Å². The minimum atomic E-state index is -4.59. The van der Waals surface area contributed by atoms with Gasteiger partial charge in [-0.25, -0.2) is 8.42 Å². The molecule has 1 fully saturated rings. The topological polar surface area (TPSA) is 80.5 Å². The third-order valence-electron chi connectivity index (χ3n) is 3.31. The van der Waals surface area contributed by atoms with Crippen molar-refractivity contribution in [2.75, 3.05) is 11.4 Å². The molecule has 0 aromatic heterocycles. The zero-order valence-corrected chi connectivity index (χ0v) is 11.3. The molecule has 1 atom stereocenters. The highest BCUT2D eigenvalue weighted by molar-refractivity contribution is 7.91. The van der Waals surface area contributed by atoms with Crippen molar-refractivity contribution >= 4 is 21.4 Å². The lowest BCUT2D eigenvalue weighted by atomic mass is 10.2. The fraction of sp³-hybridized carbons (Fsp3) is 0.417. The van der Waals surface area contributed by atoms with Crippen LogP contribution in [0.1, 0.15) is 12.8 Å². The highest BCUT2D eigenvalue weighted by Gasteiger charge is 2.30. The second-order valence-electron chi connectivity index (χ2n) is 4.55. The van der Waals surface area contributed by atoms with Gasteiger partial charge in [0.2, 0.25) is 15.7 Å². The Morgan fingerprint density at radius 3 is 2.40 bits per heavy atom. The van der Waals surface area contributed by atoms with Crippen molar-refractivity contribution in [1.82, 2.24) is 0 Å². The number of nitrogens with zero attached hydrogens (tertiary/aromatic N) is 1. The number of hydrogen-bond acceptors (Lipinski definition) is 4. The van der Waals surface area contributed by atoms with E-state index < -0.39 is 32.4 Å². The Morgan fingerprint density at radius 1 is 1.30 bits per heavy atom. The molecule has 5 nitrogen and oxygen atoms in total. The average Bonchev–Trinajstić information content (AvgIpc) is 2.88. The first-order valence-corrected chi connectivity index (χ1v) is 7.57. The molecule has 1 aromatic rings. The van der Waals surface area contributed by atoms with Crippen LogP contribution in [0, 0.1) is 0 Å². The van der Waals surface area contributed by atoms with E-state index in [1.165, 1.54) is 12.1 Å². The maximum absolute atomic E-state index is 12.4. The summed E-state index contributed by atoms with van der Waals surface area (Å²) in [7, 11) is -4.59. The van der Waals surface area contributed by atoms with E-state index >= 15 is 0 Å². The summed E-state index contributed by atoms with van der Waals surface area (Å²) in [5, 5.41) is 0. The van der Waals surface area contributed by atoms with E-state index in [1.54, 1.807) is 4.90 Å². The molecule has 20 heavy (non-hydrogen) atoms. The van der Waals surface area contributed by atoms with Gasteiger partial charge in [-0.1, -0.05) is 0 Å². The van der Waals surface area contributed by atoms with Crippen LogP contribution >= 0.6 is 0 Å². The van der Waals surface area contributed by atoms with E-state index in [2.05, 4.69) is 0 Å². The van der Waals surface area contributed by atoms with E-state index in [0.717, 1.165) is 18.6 Å². The lowest BCUT2D eigenvalue weighted by molar-refractivity contribution is -0.119. The molecule has 1 aliphatic heterocycles. The molecule has 1 amide bonds. The SMILES string of the molecule is NC(=O)C1CCCN1c1ccc(S(=O)(=O)C(F)F)cc1. The Morgan fingerprint density at radius 2 is 1.90 bits per heavy atom. The number of carbonyl (C=O) groups excluding carboxylic acids is 1. The van der Waals surface area contributed by atoms with Crippen LogP contribution < -0.4 is 10.6 Å². The van der Waals surface area contributed by atoms with Crippen molar-refractivity contribution in [3.8, 4) is 0 Å². The molecular formula is C12H14F2N2O3S. The Balaban J connectivity index is 2.27. The molecule has 2 rings (SSSR count).